The van der Waals surface area contributed by atoms with Gasteiger partial charge in [0.05, 0.1) is 12.2 Å². The Balaban J connectivity index is 1.83. The maximum atomic E-state index is 13.3. The number of ether oxygens (including phenoxy) is 1. The van der Waals surface area contributed by atoms with Crippen molar-refractivity contribution < 1.29 is 9.13 Å². The Morgan fingerprint density at radius 1 is 1.39 bits per heavy atom. The summed E-state index contributed by atoms with van der Waals surface area (Å²) in [7, 11) is 1.85. The van der Waals surface area contributed by atoms with Crippen LogP contribution < -0.4 is 10.1 Å². The highest BCUT2D eigenvalue weighted by atomic mass is 19.1. The van der Waals surface area contributed by atoms with Crippen LogP contribution in [0.5, 0.6) is 5.75 Å². The van der Waals surface area contributed by atoms with Crippen LogP contribution in [0.2, 0.25) is 0 Å². The second-order valence-corrected chi connectivity index (χ2v) is 3.78. The minimum Gasteiger partial charge on any atom is -0.489 e. The quantitative estimate of drug-likeness (QED) is 0.837. The third kappa shape index (κ3) is 3.27. The Bertz CT molecular complexity index is 500. The van der Waals surface area contributed by atoms with E-state index >= 15 is 0 Å². The van der Waals surface area contributed by atoms with Gasteiger partial charge in [-0.1, -0.05) is 17.3 Å². The van der Waals surface area contributed by atoms with E-state index in [0.717, 1.165) is 5.69 Å². The minimum absolute atomic E-state index is 0.257. The summed E-state index contributed by atoms with van der Waals surface area (Å²) in [6.45, 7) is 1.56. The lowest BCUT2D eigenvalue weighted by Crippen LogP contribution is -2.09. The Hall–Kier alpha value is -1.95. The van der Waals surface area contributed by atoms with Crippen LogP contribution in [-0.4, -0.2) is 28.6 Å². The van der Waals surface area contributed by atoms with E-state index < -0.39 is 0 Å². The first-order valence-corrected chi connectivity index (χ1v) is 5.70. The summed E-state index contributed by atoms with van der Waals surface area (Å²) in [5.74, 6) is -0.0972. The number of para-hydroxylation sites is 1. The van der Waals surface area contributed by atoms with Crippen LogP contribution in [0.4, 0.5) is 4.39 Å². The molecule has 18 heavy (non-hydrogen) atoms. The largest absolute Gasteiger partial charge is 0.489 e. The molecule has 1 aromatic heterocycles. The Morgan fingerprint density at radius 3 is 3.00 bits per heavy atom. The molecular weight excluding hydrogens is 235 g/mol. The van der Waals surface area contributed by atoms with E-state index in [1.165, 1.54) is 6.07 Å². The number of hydrogen-bond donors (Lipinski definition) is 1. The van der Waals surface area contributed by atoms with Crippen molar-refractivity contribution in [3.63, 3.8) is 0 Å². The fourth-order valence-corrected chi connectivity index (χ4v) is 1.52. The summed E-state index contributed by atoms with van der Waals surface area (Å²) in [6, 6.07) is 6.33. The van der Waals surface area contributed by atoms with Crippen LogP contribution in [0.25, 0.3) is 0 Å². The predicted molar refractivity (Wildman–Crippen MR) is 64.7 cm³/mol. The Labute approximate surface area is 105 Å². The molecule has 1 N–H and O–H groups in total. The number of aromatic nitrogens is 3. The zero-order valence-corrected chi connectivity index (χ0v) is 10.1. The smallest absolute Gasteiger partial charge is 0.165 e. The molecule has 0 radical (unpaired) electrons. The highest BCUT2D eigenvalue weighted by Crippen LogP contribution is 2.15. The summed E-state index contributed by atoms with van der Waals surface area (Å²) in [5, 5.41) is 10.9. The van der Waals surface area contributed by atoms with Gasteiger partial charge in [-0.25, -0.2) is 9.07 Å². The van der Waals surface area contributed by atoms with Crippen molar-refractivity contribution in [2.45, 2.75) is 13.1 Å². The van der Waals surface area contributed by atoms with Crippen molar-refractivity contribution >= 4 is 0 Å². The van der Waals surface area contributed by atoms with Gasteiger partial charge in [-0.3, -0.25) is 0 Å². The first kappa shape index (κ1) is 12.5. The molecule has 5 nitrogen and oxygen atoms in total. The number of hydrogen-bond acceptors (Lipinski definition) is 4. The molecule has 96 valence electrons. The number of nitrogens with one attached hydrogen (secondary N) is 1. The molecule has 2 rings (SSSR count). The van der Waals surface area contributed by atoms with E-state index in [9.17, 15) is 4.39 Å². The molecule has 0 spiro atoms. The van der Waals surface area contributed by atoms with Crippen molar-refractivity contribution in [1.29, 1.82) is 0 Å². The van der Waals surface area contributed by atoms with Crippen LogP contribution in [0.1, 0.15) is 5.69 Å². The normalized spacial score (nSPS) is 10.6. The molecule has 1 heterocycles. The van der Waals surface area contributed by atoms with Gasteiger partial charge in [0.1, 0.15) is 6.61 Å². The van der Waals surface area contributed by atoms with Gasteiger partial charge in [-0.05, 0) is 19.2 Å². The van der Waals surface area contributed by atoms with E-state index in [1.54, 1.807) is 22.9 Å². The summed E-state index contributed by atoms with van der Waals surface area (Å²) >= 11 is 0. The van der Waals surface area contributed by atoms with Gasteiger partial charge in [-0.15, -0.1) is 5.10 Å². The number of rotatable bonds is 6. The van der Waals surface area contributed by atoms with Gasteiger partial charge in [-0.2, -0.15) is 0 Å². The predicted octanol–water partition coefficient (Wildman–Crippen LogP) is 1.22. The second kappa shape index (κ2) is 6.11. The molecule has 0 saturated carbocycles. The van der Waals surface area contributed by atoms with Crippen molar-refractivity contribution in [3.8, 4) is 5.75 Å². The van der Waals surface area contributed by atoms with Crippen molar-refractivity contribution in [1.82, 2.24) is 20.3 Å². The van der Waals surface area contributed by atoms with Crippen LogP contribution >= 0.6 is 0 Å². The van der Waals surface area contributed by atoms with Crippen molar-refractivity contribution in [2.24, 2.45) is 0 Å². The maximum absolute atomic E-state index is 13.3. The van der Waals surface area contributed by atoms with Gasteiger partial charge in [0, 0.05) is 12.7 Å². The molecule has 0 bridgehead atoms. The maximum Gasteiger partial charge on any atom is 0.165 e. The first-order chi connectivity index (χ1) is 8.79. The summed E-state index contributed by atoms with van der Waals surface area (Å²) in [6.07, 6.45) is 1.83. The second-order valence-electron chi connectivity index (χ2n) is 3.78. The first-order valence-electron chi connectivity index (χ1n) is 5.70. The van der Waals surface area contributed by atoms with E-state index in [4.69, 9.17) is 4.74 Å². The molecular formula is C12H15FN4O. The van der Waals surface area contributed by atoms with Gasteiger partial charge in [0.25, 0.3) is 0 Å². The third-order valence-corrected chi connectivity index (χ3v) is 2.36. The molecule has 0 unspecified atom stereocenters. The van der Waals surface area contributed by atoms with Gasteiger partial charge < -0.3 is 10.1 Å². The monoisotopic (exact) mass is 250 g/mol. The van der Waals surface area contributed by atoms with E-state index in [1.807, 2.05) is 13.2 Å². The van der Waals surface area contributed by atoms with Gasteiger partial charge >= 0.3 is 0 Å². The zero-order chi connectivity index (χ0) is 12.8. The molecule has 2 aromatic rings. The lowest BCUT2D eigenvalue weighted by atomic mass is 10.3. The van der Waals surface area contributed by atoms with E-state index in [0.29, 0.717) is 19.7 Å². The van der Waals surface area contributed by atoms with Gasteiger partial charge in [0.2, 0.25) is 0 Å². The van der Waals surface area contributed by atoms with E-state index in [-0.39, 0.29) is 11.6 Å². The van der Waals surface area contributed by atoms with Crippen LogP contribution in [0.3, 0.4) is 0 Å². The summed E-state index contributed by atoms with van der Waals surface area (Å²) < 4.78 is 20.3. The van der Waals surface area contributed by atoms with Crippen LogP contribution in [0.15, 0.2) is 30.5 Å². The fourth-order valence-electron chi connectivity index (χ4n) is 1.52. The average molecular weight is 250 g/mol. The molecule has 6 heteroatoms. The van der Waals surface area contributed by atoms with Crippen LogP contribution in [0, 0.1) is 5.82 Å². The number of halogens is 1. The SMILES string of the molecule is CNCc1cn(CCOc2ccccc2F)nn1. The topological polar surface area (TPSA) is 52.0 Å². The zero-order valence-electron chi connectivity index (χ0n) is 10.1. The number of benzene rings is 1. The molecule has 0 saturated heterocycles. The van der Waals surface area contributed by atoms with Crippen molar-refractivity contribution in [2.75, 3.05) is 13.7 Å². The fraction of sp³-hybridized carbons (Fsp3) is 0.333. The molecule has 0 aliphatic rings. The van der Waals surface area contributed by atoms with Crippen LogP contribution in [-0.2, 0) is 13.1 Å². The Kier molecular flexibility index (Phi) is 4.25. The average Bonchev–Trinajstić information content (AvgIpc) is 2.80. The minimum atomic E-state index is -0.355. The molecule has 1 aromatic carbocycles. The van der Waals surface area contributed by atoms with Crippen molar-refractivity contribution in [3.05, 3.63) is 42.0 Å². The Morgan fingerprint density at radius 2 is 2.22 bits per heavy atom. The molecule has 0 fully saturated rings. The van der Waals surface area contributed by atoms with Gasteiger partial charge in [0.15, 0.2) is 11.6 Å². The molecule has 0 atom stereocenters. The number of nitrogens with zero attached hydrogens (tertiary/aromatic N) is 3. The lowest BCUT2D eigenvalue weighted by molar-refractivity contribution is 0.277. The lowest BCUT2D eigenvalue weighted by Gasteiger charge is -2.06. The highest BCUT2D eigenvalue weighted by Gasteiger charge is 2.02. The molecule has 0 aliphatic heterocycles. The molecule has 0 aliphatic carbocycles. The van der Waals surface area contributed by atoms with E-state index in [2.05, 4.69) is 15.6 Å². The third-order valence-electron chi connectivity index (χ3n) is 2.36. The summed E-state index contributed by atoms with van der Waals surface area (Å²) in [4.78, 5) is 0. The molecule has 0 amide bonds. The highest BCUT2D eigenvalue weighted by molar-refractivity contribution is 5.23. The standard InChI is InChI=1S/C12H15FN4O/c1-14-8-10-9-17(16-15-10)6-7-18-12-5-3-2-4-11(12)13/h2-5,9,14H,6-8H2,1H3. The summed E-state index contributed by atoms with van der Waals surface area (Å²) in [5.41, 5.74) is 0.864.